The molecule has 0 bridgehead atoms. The molecule has 106 valence electrons. The van der Waals surface area contributed by atoms with Crippen LogP contribution in [-0.2, 0) is 0 Å². The van der Waals surface area contributed by atoms with Gasteiger partial charge in [-0.1, -0.05) is 76.1 Å². The summed E-state index contributed by atoms with van der Waals surface area (Å²) in [7, 11) is 0. The minimum Gasteiger partial charge on any atom is -0.205 e. The average Bonchev–Trinajstić information content (AvgIpc) is 2.49. The highest BCUT2D eigenvalue weighted by atomic mass is 79.9. The fourth-order valence-corrected chi connectivity index (χ4v) is 3.97. The Morgan fingerprint density at radius 2 is 1.76 bits per heavy atom. The number of halogens is 3. The van der Waals surface area contributed by atoms with E-state index in [0.717, 1.165) is 27.5 Å². The first-order chi connectivity index (χ1) is 10.1. The van der Waals surface area contributed by atoms with E-state index >= 15 is 0 Å². The van der Waals surface area contributed by atoms with E-state index < -0.39 is 5.82 Å². The minimum atomic E-state index is -0.392. The first-order valence-electron chi connectivity index (χ1n) is 6.66. The maximum atomic E-state index is 13.7. The van der Waals surface area contributed by atoms with Crippen LogP contribution in [0, 0.1) is 12.7 Å². The zero-order chi connectivity index (χ0) is 15.0. The Bertz CT molecular complexity index is 813. The van der Waals surface area contributed by atoms with Crippen LogP contribution in [0.5, 0.6) is 0 Å². The van der Waals surface area contributed by atoms with Gasteiger partial charge in [0.15, 0.2) is 0 Å². The van der Waals surface area contributed by atoms with Crippen molar-refractivity contribution in [2.45, 2.75) is 11.8 Å². The van der Waals surface area contributed by atoms with Gasteiger partial charge in [-0.3, -0.25) is 0 Å². The highest BCUT2D eigenvalue weighted by Gasteiger charge is 2.19. The summed E-state index contributed by atoms with van der Waals surface area (Å²) < 4.78 is 13.7. The summed E-state index contributed by atoms with van der Waals surface area (Å²) in [5, 5.41) is 2.49. The molecule has 0 saturated carbocycles. The summed E-state index contributed by atoms with van der Waals surface area (Å²) in [5.41, 5.74) is 3.02. The van der Waals surface area contributed by atoms with Crippen molar-refractivity contribution in [3.05, 3.63) is 82.1 Å². The number of rotatable bonds is 2. The third kappa shape index (κ3) is 2.58. The van der Waals surface area contributed by atoms with Crippen LogP contribution in [0.25, 0.3) is 10.8 Å². The van der Waals surface area contributed by atoms with E-state index in [4.69, 9.17) is 11.6 Å². The Kier molecular flexibility index (Phi) is 4.01. The molecular formula is C18H13BrClF. The van der Waals surface area contributed by atoms with Gasteiger partial charge in [0.2, 0.25) is 0 Å². The minimum absolute atomic E-state index is 0.146. The third-order valence-corrected chi connectivity index (χ3v) is 5.05. The predicted octanol–water partition coefficient (Wildman–Crippen LogP) is 6.43. The van der Waals surface area contributed by atoms with Gasteiger partial charge < -0.3 is 0 Å². The molecule has 0 aromatic heterocycles. The Labute approximate surface area is 136 Å². The molecule has 0 heterocycles. The number of hydrogen-bond donors (Lipinski definition) is 0. The summed E-state index contributed by atoms with van der Waals surface area (Å²) >= 11 is 9.84. The fraction of sp³-hybridized carbons (Fsp3) is 0.111. The van der Waals surface area contributed by atoms with Crippen LogP contribution < -0.4 is 0 Å². The van der Waals surface area contributed by atoms with Gasteiger partial charge in [0.05, 0.1) is 9.85 Å². The van der Waals surface area contributed by atoms with E-state index in [9.17, 15) is 4.39 Å². The maximum Gasteiger partial charge on any atom is 0.142 e. The van der Waals surface area contributed by atoms with Crippen molar-refractivity contribution >= 4 is 38.3 Å². The molecular weight excluding hydrogens is 351 g/mol. The molecule has 0 fully saturated rings. The van der Waals surface area contributed by atoms with Gasteiger partial charge in [0.1, 0.15) is 5.82 Å². The lowest BCUT2D eigenvalue weighted by Gasteiger charge is -2.18. The highest BCUT2D eigenvalue weighted by Crippen LogP contribution is 2.40. The van der Waals surface area contributed by atoms with Crippen molar-refractivity contribution in [1.29, 1.82) is 0 Å². The Morgan fingerprint density at radius 3 is 2.57 bits per heavy atom. The van der Waals surface area contributed by atoms with Gasteiger partial charge in [0, 0.05) is 0 Å². The van der Waals surface area contributed by atoms with Crippen LogP contribution in [0.1, 0.15) is 21.5 Å². The van der Waals surface area contributed by atoms with Gasteiger partial charge in [0.25, 0.3) is 0 Å². The Balaban J connectivity index is 2.24. The summed E-state index contributed by atoms with van der Waals surface area (Å²) in [4.78, 5) is -0.146. The van der Waals surface area contributed by atoms with Gasteiger partial charge in [-0.05, 0) is 40.5 Å². The molecule has 0 saturated heterocycles. The molecule has 21 heavy (non-hydrogen) atoms. The van der Waals surface area contributed by atoms with Gasteiger partial charge in [-0.15, -0.1) is 0 Å². The second-order valence-corrected chi connectivity index (χ2v) is 6.32. The van der Waals surface area contributed by atoms with Gasteiger partial charge in [-0.2, -0.15) is 0 Å². The molecule has 0 radical (unpaired) electrons. The van der Waals surface area contributed by atoms with Gasteiger partial charge >= 0.3 is 0 Å². The number of hydrogen-bond acceptors (Lipinski definition) is 0. The van der Waals surface area contributed by atoms with Gasteiger partial charge in [-0.25, -0.2) is 4.39 Å². The van der Waals surface area contributed by atoms with Crippen molar-refractivity contribution < 1.29 is 4.39 Å². The molecule has 0 N–H and O–H groups in total. The molecule has 1 atom stereocenters. The maximum absolute atomic E-state index is 13.7. The van der Waals surface area contributed by atoms with Crippen LogP contribution in [0.3, 0.4) is 0 Å². The first-order valence-corrected chi connectivity index (χ1v) is 7.95. The van der Waals surface area contributed by atoms with E-state index in [-0.39, 0.29) is 9.85 Å². The molecule has 0 aliphatic rings. The largest absolute Gasteiger partial charge is 0.205 e. The van der Waals surface area contributed by atoms with Crippen LogP contribution in [0.4, 0.5) is 4.39 Å². The smallest absolute Gasteiger partial charge is 0.142 e. The molecule has 0 spiro atoms. The zero-order valence-corrected chi connectivity index (χ0v) is 13.7. The van der Waals surface area contributed by atoms with Crippen molar-refractivity contribution in [3.63, 3.8) is 0 Å². The van der Waals surface area contributed by atoms with E-state index in [1.807, 2.05) is 18.2 Å². The number of benzene rings is 3. The zero-order valence-electron chi connectivity index (χ0n) is 11.4. The number of alkyl halides is 1. The summed E-state index contributed by atoms with van der Waals surface area (Å²) in [6.45, 7) is 2.06. The summed E-state index contributed by atoms with van der Waals surface area (Å²) in [6.07, 6.45) is 0. The van der Waals surface area contributed by atoms with Crippen molar-refractivity contribution in [2.24, 2.45) is 0 Å². The normalized spacial score (nSPS) is 12.6. The van der Waals surface area contributed by atoms with Crippen molar-refractivity contribution in [3.8, 4) is 0 Å². The van der Waals surface area contributed by atoms with E-state index in [0.29, 0.717) is 0 Å². The lowest BCUT2D eigenvalue weighted by atomic mass is 9.94. The van der Waals surface area contributed by atoms with E-state index in [1.54, 1.807) is 6.07 Å². The lowest BCUT2D eigenvalue weighted by Crippen LogP contribution is -1.99. The molecule has 3 heteroatoms. The topological polar surface area (TPSA) is 0 Å². The standard InChI is InChI=1S/C18H13BrClF/c1-11-9-10-12-5-2-3-6-13(12)16(11)17(19)14-7-4-8-15(21)18(14)20/h2-10,17H,1H3. The van der Waals surface area contributed by atoms with Crippen LogP contribution in [0.15, 0.2) is 54.6 Å². The first kappa shape index (κ1) is 14.6. The molecule has 1 unspecified atom stereocenters. The molecule has 3 rings (SSSR count). The number of aryl methyl sites for hydroxylation is 1. The van der Waals surface area contributed by atoms with Crippen LogP contribution in [0.2, 0.25) is 5.02 Å². The molecule has 0 aliphatic carbocycles. The fourth-order valence-electron chi connectivity index (χ4n) is 2.61. The van der Waals surface area contributed by atoms with Crippen molar-refractivity contribution in [2.75, 3.05) is 0 Å². The molecule has 3 aromatic rings. The summed E-state index contributed by atoms with van der Waals surface area (Å²) in [6, 6.07) is 17.3. The highest BCUT2D eigenvalue weighted by molar-refractivity contribution is 9.09. The number of fused-ring (bicyclic) bond motifs is 1. The summed E-state index contributed by atoms with van der Waals surface area (Å²) in [5.74, 6) is -0.392. The quantitative estimate of drug-likeness (QED) is 0.460. The second kappa shape index (κ2) is 5.78. The van der Waals surface area contributed by atoms with Crippen LogP contribution >= 0.6 is 27.5 Å². The monoisotopic (exact) mass is 362 g/mol. The van der Waals surface area contributed by atoms with Crippen LogP contribution in [-0.4, -0.2) is 0 Å². The van der Waals surface area contributed by atoms with Crippen molar-refractivity contribution in [1.82, 2.24) is 0 Å². The van der Waals surface area contributed by atoms with E-state index in [1.165, 1.54) is 6.07 Å². The molecule has 3 aromatic carbocycles. The lowest BCUT2D eigenvalue weighted by molar-refractivity contribution is 0.626. The second-order valence-electron chi connectivity index (χ2n) is 5.02. The van der Waals surface area contributed by atoms with E-state index in [2.05, 4.69) is 47.1 Å². The average molecular weight is 364 g/mol. The Morgan fingerprint density at radius 1 is 1.00 bits per heavy atom. The predicted molar refractivity (Wildman–Crippen MR) is 90.9 cm³/mol. The molecule has 0 amide bonds. The molecule has 0 aliphatic heterocycles. The molecule has 0 nitrogen and oxygen atoms in total. The third-order valence-electron chi connectivity index (χ3n) is 3.70. The SMILES string of the molecule is Cc1ccc2ccccc2c1C(Br)c1cccc(F)c1Cl. The Hall–Kier alpha value is -1.38.